The van der Waals surface area contributed by atoms with Crippen LogP contribution in [0.5, 0.6) is 0 Å². The van der Waals surface area contributed by atoms with Crippen LogP contribution in [-0.4, -0.2) is 24.0 Å². The van der Waals surface area contributed by atoms with Gasteiger partial charge in [-0.15, -0.1) is 0 Å². The Morgan fingerprint density at radius 2 is 2.20 bits per heavy atom. The topological polar surface area (TPSA) is 84.2 Å². The highest BCUT2D eigenvalue weighted by Crippen LogP contribution is 2.05. The van der Waals surface area contributed by atoms with E-state index >= 15 is 0 Å². The van der Waals surface area contributed by atoms with Crippen molar-refractivity contribution in [2.24, 2.45) is 5.73 Å². The Bertz CT molecular complexity index is 191. The number of urea groups is 1. The molecule has 0 spiro atoms. The van der Waals surface area contributed by atoms with Gasteiger partial charge in [0.05, 0.1) is 0 Å². The summed E-state index contributed by atoms with van der Waals surface area (Å²) in [5.41, 5.74) is 4.34. The van der Waals surface area contributed by atoms with Gasteiger partial charge >= 0.3 is 6.03 Å². The second-order valence-electron chi connectivity index (χ2n) is 2.44. The lowest BCUT2D eigenvalue weighted by molar-refractivity contribution is -0.123. The van der Waals surface area contributed by atoms with Gasteiger partial charge in [-0.2, -0.15) is 0 Å². The SMILES string of the molecule is CC1(CN)NC(=O)NC1=O. The third-order valence-electron chi connectivity index (χ3n) is 1.53. The van der Waals surface area contributed by atoms with Crippen molar-refractivity contribution in [2.75, 3.05) is 6.54 Å². The van der Waals surface area contributed by atoms with Crippen LogP contribution in [0.4, 0.5) is 4.79 Å². The van der Waals surface area contributed by atoms with Crippen molar-refractivity contribution in [1.82, 2.24) is 10.6 Å². The number of hydrogen-bond donors (Lipinski definition) is 3. The van der Waals surface area contributed by atoms with Crippen LogP contribution in [0.15, 0.2) is 0 Å². The van der Waals surface area contributed by atoms with E-state index in [-0.39, 0.29) is 12.5 Å². The van der Waals surface area contributed by atoms with E-state index in [0.717, 1.165) is 0 Å². The molecular weight excluding hydrogens is 134 g/mol. The van der Waals surface area contributed by atoms with Crippen LogP contribution in [0.3, 0.4) is 0 Å². The maximum atomic E-state index is 10.9. The minimum Gasteiger partial charge on any atom is -0.328 e. The highest BCUT2D eigenvalue weighted by atomic mass is 16.2. The fourth-order valence-corrected chi connectivity index (χ4v) is 0.723. The first-order chi connectivity index (χ1) is 4.58. The fourth-order valence-electron chi connectivity index (χ4n) is 0.723. The average molecular weight is 143 g/mol. The van der Waals surface area contributed by atoms with Crippen molar-refractivity contribution in [1.29, 1.82) is 0 Å². The first kappa shape index (κ1) is 7.01. The van der Waals surface area contributed by atoms with Gasteiger partial charge in [-0.05, 0) is 6.92 Å². The molecule has 1 fully saturated rings. The molecule has 0 aromatic heterocycles. The number of imide groups is 1. The standard InChI is InChI=1S/C5H9N3O2/c1-5(2-6)3(9)7-4(10)8-5/h2,6H2,1H3,(H2,7,8,9,10). The van der Waals surface area contributed by atoms with Crippen LogP contribution in [0.2, 0.25) is 0 Å². The molecule has 1 saturated heterocycles. The molecule has 0 aliphatic carbocycles. The largest absolute Gasteiger partial charge is 0.328 e. The van der Waals surface area contributed by atoms with E-state index in [0.29, 0.717) is 0 Å². The summed E-state index contributed by atoms with van der Waals surface area (Å²) in [6.07, 6.45) is 0. The summed E-state index contributed by atoms with van der Waals surface area (Å²) in [6, 6.07) is -0.474. The van der Waals surface area contributed by atoms with Crippen LogP contribution in [0.1, 0.15) is 6.92 Å². The quantitative estimate of drug-likeness (QED) is 0.392. The van der Waals surface area contributed by atoms with Gasteiger partial charge in [-0.25, -0.2) is 4.79 Å². The second kappa shape index (κ2) is 1.95. The van der Waals surface area contributed by atoms with Gasteiger partial charge in [0.25, 0.3) is 5.91 Å². The molecule has 5 nitrogen and oxygen atoms in total. The predicted octanol–water partition coefficient (Wildman–Crippen LogP) is -1.46. The zero-order valence-corrected chi connectivity index (χ0v) is 5.60. The molecule has 1 unspecified atom stereocenters. The highest BCUT2D eigenvalue weighted by molar-refractivity contribution is 6.06. The predicted molar refractivity (Wildman–Crippen MR) is 34.1 cm³/mol. The van der Waals surface area contributed by atoms with Crippen molar-refractivity contribution >= 4 is 11.9 Å². The minimum absolute atomic E-state index is 0.116. The van der Waals surface area contributed by atoms with Gasteiger partial charge in [0.2, 0.25) is 0 Å². The molecule has 0 aromatic carbocycles. The number of rotatable bonds is 1. The maximum absolute atomic E-state index is 10.9. The first-order valence-corrected chi connectivity index (χ1v) is 2.92. The van der Waals surface area contributed by atoms with E-state index in [4.69, 9.17) is 5.73 Å². The Balaban J connectivity index is 2.80. The van der Waals surface area contributed by atoms with Gasteiger partial charge in [-0.1, -0.05) is 0 Å². The number of nitrogens with two attached hydrogens (primary N) is 1. The Labute approximate surface area is 58.0 Å². The molecule has 1 aliphatic heterocycles. The van der Waals surface area contributed by atoms with E-state index in [1.165, 1.54) is 0 Å². The Hall–Kier alpha value is -1.10. The Morgan fingerprint density at radius 1 is 1.60 bits per heavy atom. The van der Waals surface area contributed by atoms with Crippen LogP contribution in [-0.2, 0) is 4.79 Å². The molecule has 3 amide bonds. The third-order valence-corrected chi connectivity index (χ3v) is 1.53. The van der Waals surface area contributed by atoms with Gasteiger partial charge in [0, 0.05) is 6.54 Å². The monoisotopic (exact) mass is 143 g/mol. The van der Waals surface area contributed by atoms with E-state index in [9.17, 15) is 9.59 Å². The van der Waals surface area contributed by atoms with Gasteiger partial charge in [0.15, 0.2) is 0 Å². The smallest absolute Gasteiger partial charge is 0.322 e. The van der Waals surface area contributed by atoms with E-state index in [1.54, 1.807) is 6.92 Å². The summed E-state index contributed by atoms with van der Waals surface area (Å²) in [5, 5.41) is 4.49. The number of carbonyl (C=O) groups excluding carboxylic acids is 2. The van der Waals surface area contributed by atoms with Crippen molar-refractivity contribution in [3.8, 4) is 0 Å². The molecule has 0 radical (unpaired) electrons. The molecule has 4 N–H and O–H groups in total. The van der Waals surface area contributed by atoms with Gasteiger partial charge in [0.1, 0.15) is 5.54 Å². The van der Waals surface area contributed by atoms with Crippen molar-refractivity contribution < 1.29 is 9.59 Å². The number of hydrogen-bond acceptors (Lipinski definition) is 3. The van der Waals surface area contributed by atoms with Crippen molar-refractivity contribution in [3.05, 3.63) is 0 Å². The first-order valence-electron chi connectivity index (χ1n) is 2.92. The summed E-state index contributed by atoms with van der Waals surface area (Å²) >= 11 is 0. The molecule has 5 heteroatoms. The average Bonchev–Trinajstić information content (AvgIpc) is 2.09. The fraction of sp³-hybridized carbons (Fsp3) is 0.600. The molecular formula is C5H9N3O2. The Kier molecular flexibility index (Phi) is 1.37. The lowest BCUT2D eigenvalue weighted by atomic mass is 10.0. The molecule has 56 valence electrons. The zero-order chi connectivity index (χ0) is 7.78. The zero-order valence-electron chi connectivity index (χ0n) is 5.60. The van der Waals surface area contributed by atoms with Crippen LogP contribution in [0, 0.1) is 0 Å². The van der Waals surface area contributed by atoms with Crippen molar-refractivity contribution in [2.45, 2.75) is 12.5 Å². The lowest BCUT2D eigenvalue weighted by Crippen LogP contribution is -2.49. The maximum Gasteiger partial charge on any atom is 0.322 e. The lowest BCUT2D eigenvalue weighted by Gasteiger charge is -2.16. The van der Waals surface area contributed by atoms with Crippen LogP contribution >= 0.6 is 0 Å². The van der Waals surface area contributed by atoms with Crippen LogP contribution < -0.4 is 16.4 Å². The Morgan fingerprint density at radius 3 is 2.40 bits per heavy atom. The van der Waals surface area contributed by atoms with Gasteiger partial charge < -0.3 is 11.1 Å². The molecule has 0 bridgehead atoms. The summed E-state index contributed by atoms with van der Waals surface area (Å²) in [5.74, 6) is -0.361. The normalized spacial score (nSPS) is 31.8. The molecule has 1 rings (SSSR count). The summed E-state index contributed by atoms with van der Waals surface area (Å²) in [6.45, 7) is 1.69. The van der Waals surface area contributed by atoms with Crippen molar-refractivity contribution in [3.63, 3.8) is 0 Å². The van der Waals surface area contributed by atoms with Gasteiger partial charge in [-0.3, -0.25) is 10.1 Å². The number of amides is 3. The molecule has 0 saturated carbocycles. The molecule has 0 aromatic rings. The molecule has 1 heterocycles. The summed E-state index contributed by atoms with van der Waals surface area (Å²) < 4.78 is 0. The minimum atomic E-state index is -0.906. The molecule has 1 atom stereocenters. The number of carbonyl (C=O) groups is 2. The van der Waals surface area contributed by atoms with E-state index in [1.807, 2.05) is 0 Å². The summed E-state index contributed by atoms with van der Waals surface area (Å²) in [4.78, 5) is 21.4. The highest BCUT2D eigenvalue weighted by Gasteiger charge is 2.40. The third kappa shape index (κ3) is 0.841. The summed E-state index contributed by atoms with van der Waals surface area (Å²) in [7, 11) is 0. The molecule has 10 heavy (non-hydrogen) atoms. The van der Waals surface area contributed by atoms with Crippen LogP contribution in [0.25, 0.3) is 0 Å². The van der Waals surface area contributed by atoms with E-state index < -0.39 is 11.6 Å². The van der Waals surface area contributed by atoms with E-state index in [2.05, 4.69) is 10.6 Å². The molecule has 1 aliphatic rings. The number of nitrogens with one attached hydrogen (secondary N) is 2. The second-order valence-corrected chi connectivity index (χ2v) is 2.44.